The number of hydrogen-bond acceptors (Lipinski definition) is 2. The van der Waals surface area contributed by atoms with Crippen molar-refractivity contribution in [1.29, 1.82) is 0 Å². The molecule has 0 unspecified atom stereocenters. The third-order valence-corrected chi connectivity index (χ3v) is 4.08. The second-order valence-electron chi connectivity index (χ2n) is 6.72. The van der Waals surface area contributed by atoms with Crippen molar-refractivity contribution in [3.05, 3.63) is 34.4 Å². The van der Waals surface area contributed by atoms with Gasteiger partial charge in [0.1, 0.15) is 5.60 Å². The van der Waals surface area contributed by atoms with Gasteiger partial charge in [-0.1, -0.05) is 28.1 Å². The zero-order valence-corrected chi connectivity index (χ0v) is 16.0. The molecular weight excluding hydrogens is 342 g/mol. The van der Waals surface area contributed by atoms with Crippen LogP contribution in [0.15, 0.2) is 12.1 Å². The number of unbranched alkanes of at least 4 members (excludes halogenated alkanes) is 1. The monoisotopic (exact) mass is 369 g/mol. The number of benzene rings is 1. The number of nitrogens with one attached hydrogen (secondary N) is 1. The van der Waals surface area contributed by atoms with E-state index in [0.29, 0.717) is 6.54 Å². The number of alkyl carbamates (subject to hydrolysis) is 1. The summed E-state index contributed by atoms with van der Waals surface area (Å²) in [4.78, 5) is 11.5. The van der Waals surface area contributed by atoms with Gasteiger partial charge in [-0.25, -0.2) is 4.79 Å². The summed E-state index contributed by atoms with van der Waals surface area (Å²) >= 11 is 3.52. The highest BCUT2D eigenvalue weighted by atomic mass is 79.9. The highest BCUT2D eigenvalue weighted by Gasteiger charge is 2.15. The molecule has 1 N–H and O–H groups in total. The van der Waals surface area contributed by atoms with Crippen LogP contribution in [0.2, 0.25) is 0 Å². The summed E-state index contributed by atoms with van der Waals surface area (Å²) in [6.45, 7) is 10.6. The van der Waals surface area contributed by atoms with Crippen molar-refractivity contribution >= 4 is 22.0 Å². The highest BCUT2D eigenvalue weighted by molar-refractivity contribution is 9.08. The van der Waals surface area contributed by atoms with Crippen LogP contribution in [0.25, 0.3) is 0 Å². The average molecular weight is 370 g/mol. The molecule has 0 bridgehead atoms. The highest BCUT2D eigenvalue weighted by Crippen LogP contribution is 2.20. The van der Waals surface area contributed by atoms with E-state index in [1.165, 1.54) is 22.3 Å². The van der Waals surface area contributed by atoms with Crippen molar-refractivity contribution in [2.45, 2.75) is 64.8 Å². The van der Waals surface area contributed by atoms with E-state index in [4.69, 9.17) is 4.74 Å². The van der Waals surface area contributed by atoms with Crippen molar-refractivity contribution in [2.75, 3.05) is 6.54 Å². The minimum absolute atomic E-state index is 0.332. The SMILES string of the molecule is Cc1cc(CCCCNC(=O)OC(C)(C)C)c(C)cc1CBr. The molecule has 0 fully saturated rings. The summed E-state index contributed by atoms with van der Waals surface area (Å²) in [6, 6.07) is 4.55. The van der Waals surface area contributed by atoms with Gasteiger partial charge in [-0.05, 0) is 76.1 Å². The molecule has 124 valence electrons. The Morgan fingerprint density at radius 3 is 2.32 bits per heavy atom. The maximum atomic E-state index is 11.5. The number of rotatable bonds is 6. The molecule has 0 aliphatic rings. The lowest BCUT2D eigenvalue weighted by Gasteiger charge is -2.19. The molecule has 0 heterocycles. The molecular formula is C18H28BrNO2. The van der Waals surface area contributed by atoms with Gasteiger partial charge in [-0.3, -0.25) is 0 Å². The van der Waals surface area contributed by atoms with Crippen LogP contribution in [0.5, 0.6) is 0 Å². The van der Waals surface area contributed by atoms with Crippen LogP contribution in [0, 0.1) is 13.8 Å². The number of hydrogen-bond donors (Lipinski definition) is 1. The Morgan fingerprint density at radius 1 is 1.14 bits per heavy atom. The minimum Gasteiger partial charge on any atom is -0.444 e. The lowest BCUT2D eigenvalue weighted by Crippen LogP contribution is -2.33. The number of alkyl halides is 1. The predicted molar refractivity (Wildman–Crippen MR) is 95.7 cm³/mol. The lowest BCUT2D eigenvalue weighted by atomic mass is 9.97. The van der Waals surface area contributed by atoms with Crippen LogP contribution >= 0.6 is 15.9 Å². The molecule has 1 rings (SSSR count). The van der Waals surface area contributed by atoms with Crippen molar-refractivity contribution < 1.29 is 9.53 Å². The van der Waals surface area contributed by atoms with Crippen molar-refractivity contribution in [3.8, 4) is 0 Å². The van der Waals surface area contributed by atoms with Crippen molar-refractivity contribution in [1.82, 2.24) is 5.32 Å². The minimum atomic E-state index is -0.435. The molecule has 0 saturated carbocycles. The largest absolute Gasteiger partial charge is 0.444 e. The van der Waals surface area contributed by atoms with E-state index in [1.807, 2.05) is 20.8 Å². The van der Waals surface area contributed by atoms with Crippen LogP contribution in [0.3, 0.4) is 0 Å². The Kier molecular flexibility index (Phi) is 7.40. The first-order valence-corrected chi connectivity index (χ1v) is 8.97. The normalized spacial score (nSPS) is 11.4. The van der Waals surface area contributed by atoms with Gasteiger partial charge in [0.05, 0.1) is 0 Å². The number of halogens is 1. The van der Waals surface area contributed by atoms with Crippen LogP contribution < -0.4 is 5.32 Å². The fourth-order valence-electron chi connectivity index (χ4n) is 2.29. The summed E-state index contributed by atoms with van der Waals surface area (Å²) in [5.41, 5.74) is 5.01. The Morgan fingerprint density at radius 2 is 1.73 bits per heavy atom. The number of carbonyl (C=O) groups is 1. The quantitative estimate of drug-likeness (QED) is 0.562. The van der Waals surface area contributed by atoms with Crippen molar-refractivity contribution in [2.24, 2.45) is 0 Å². The maximum Gasteiger partial charge on any atom is 0.407 e. The van der Waals surface area contributed by atoms with Gasteiger partial charge in [0.15, 0.2) is 0 Å². The molecule has 22 heavy (non-hydrogen) atoms. The molecule has 4 heteroatoms. The molecule has 0 spiro atoms. The smallest absolute Gasteiger partial charge is 0.407 e. The summed E-state index contributed by atoms with van der Waals surface area (Å²) in [5.74, 6) is 0. The fourth-order valence-corrected chi connectivity index (χ4v) is 2.90. The zero-order valence-electron chi connectivity index (χ0n) is 14.4. The number of aryl methyl sites for hydroxylation is 3. The molecule has 0 saturated heterocycles. The van der Waals surface area contributed by atoms with Crippen LogP contribution in [-0.4, -0.2) is 18.2 Å². The van der Waals surface area contributed by atoms with Gasteiger partial charge >= 0.3 is 6.09 Å². The molecule has 0 aliphatic heterocycles. The first kappa shape index (κ1) is 19.0. The average Bonchev–Trinajstić information content (AvgIpc) is 2.39. The Bertz CT molecular complexity index is 507. The molecule has 3 nitrogen and oxygen atoms in total. The lowest BCUT2D eigenvalue weighted by molar-refractivity contribution is 0.0527. The Balaban J connectivity index is 2.34. The molecule has 0 aromatic heterocycles. The summed E-state index contributed by atoms with van der Waals surface area (Å²) in [5, 5.41) is 3.70. The standard InChI is InChI=1S/C18H28BrNO2/c1-13-11-16(12-19)14(2)10-15(13)8-6-7-9-20-17(21)22-18(3,4)5/h10-11H,6-9,12H2,1-5H3,(H,20,21). The van der Waals surface area contributed by atoms with E-state index in [1.54, 1.807) is 0 Å². The van der Waals surface area contributed by atoms with E-state index < -0.39 is 5.60 Å². The number of carbonyl (C=O) groups excluding carboxylic acids is 1. The Hall–Kier alpha value is -1.03. The topological polar surface area (TPSA) is 38.3 Å². The van der Waals surface area contributed by atoms with Crippen LogP contribution in [0.4, 0.5) is 4.79 Å². The molecule has 1 aromatic rings. The summed E-state index contributed by atoms with van der Waals surface area (Å²) in [7, 11) is 0. The maximum absolute atomic E-state index is 11.5. The first-order chi connectivity index (χ1) is 10.2. The van der Waals surface area contributed by atoms with E-state index in [9.17, 15) is 4.79 Å². The van der Waals surface area contributed by atoms with E-state index in [2.05, 4.69) is 47.2 Å². The molecule has 1 amide bonds. The number of ether oxygens (including phenoxy) is 1. The van der Waals surface area contributed by atoms with E-state index in [-0.39, 0.29) is 6.09 Å². The van der Waals surface area contributed by atoms with E-state index in [0.717, 1.165) is 24.6 Å². The Labute approximate surface area is 143 Å². The van der Waals surface area contributed by atoms with Gasteiger partial charge in [0.2, 0.25) is 0 Å². The van der Waals surface area contributed by atoms with E-state index >= 15 is 0 Å². The fraction of sp³-hybridized carbons (Fsp3) is 0.611. The van der Waals surface area contributed by atoms with Gasteiger partial charge in [-0.2, -0.15) is 0 Å². The summed E-state index contributed by atoms with van der Waals surface area (Å²) < 4.78 is 5.21. The van der Waals surface area contributed by atoms with Gasteiger partial charge < -0.3 is 10.1 Å². The zero-order chi connectivity index (χ0) is 16.8. The third kappa shape index (κ3) is 6.82. The molecule has 1 aromatic carbocycles. The molecule has 0 radical (unpaired) electrons. The van der Waals surface area contributed by atoms with Crippen LogP contribution in [0.1, 0.15) is 55.9 Å². The second-order valence-corrected chi connectivity index (χ2v) is 7.29. The second kappa shape index (κ2) is 8.56. The van der Waals surface area contributed by atoms with Gasteiger partial charge in [0.25, 0.3) is 0 Å². The molecule has 0 atom stereocenters. The third-order valence-electron chi connectivity index (χ3n) is 3.48. The van der Waals surface area contributed by atoms with Gasteiger partial charge in [0, 0.05) is 11.9 Å². The van der Waals surface area contributed by atoms with Crippen molar-refractivity contribution in [3.63, 3.8) is 0 Å². The van der Waals surface area contributed by atoms with Gasteiger partial charge in [-0.15, -0.1) is 0 Å². The predicted octanol–water partition coefficient (Wildman–Crippen LogP) is 5.05. The first-order valence-electron chi connectivity index (χ1n) is 7.84. The van der Waals surface area contributed by atoms with Crippen LogP contribution in [-0.2, 0) is 16.5 Å². The number of amides is 1. The summed E-state index contributed by atoms with van der Waals surface area (Å²) in [6.07, 6.45) is 2.73. The molecule has 0 aliphatic carbocycles.